The Morgan fingerprint density at radius 1 is 1.44 bits per heavy atom. The molecule has 1 heterocycles. The first kappa shape index (κ1) is 18.5. The molecule has 1 saturated heterocycles. The van der Waals surface area contributed by atoms with Crippen molar-refractivity contribution in [3.05, 3.63) is 30.1 Å². The predicted octanol–water partition coefficient (Wildman–Crippen LogP) is 0.310. The van der Waals surface area contributed by atoms with Gasteiger partial charge in [0.2, 0.25) is 5.91 Å². The molecular formula is C16H22FN5O3. The molecule has 0 aliphatic carbocycles. The van der Waals surface area contributed by atoms with Gasteiger partial charge in [0, 0.05) is 26.2 Å². The van der Waals surface area contributed by atoms with Crippen molar-refractivity contribution in [1.29, 1.82) is 0 Å². The van der Waals surface area contributed by atoms with Gasteiger partial charge in [-0.05, 0) is 19.1 Å². The van der Waals surface area contributed by atoms with Crippen LogP contribution in [0.1, 0.15) is 6.92 Å². The van der Waals surface area contributed by atoms with Gasteiger partial charge in [-0.2, -0.15) is 0 Å². The molecule has 3 N–H and O–H groups in total. The summed E-state index contributed by atoms with van der Waals surface area (Å²) < 4.78 is 18.7. The first-order valence-electron chi connectivity index (χ1n) is 7.94. The molecule has 0 radical (unpaired) electrons. The molecule has 0 spiro atoms. The maximum atomic E-state index is 13.1. The van der Waals surface area contributed by atoms with Crippen molar-refractivity contribution in [2.45, 2.75) is 13.0 Å². The van der Waals surface area contributed by atoms with E-state index in [1.165, 1.54) is 12.1 Å². The van der Waals surface area contributed by atoms with Crippen LogP contribution in [0.3, 0.4) is 0 Å². The van der Waals surface area contributed by atoms with Gasteiger partial charge >= 0.3 is 6.03 Å². The number of imide groups is 1. The van der Waals surface area contributed by atoms with Crippen LogP contribution < -0.4 is 20.7 Å². The van der Waals surface area contributed by atoms with E-state index in [4.69, 9.17) is 4.74 Å². The van der Waals surface area contributed by atoms with Crippen molar-refractivity contribution >= 4 is 17.9 Å². The molecule has 0 bridgehead atoms. The number of benzene rings is 1. The third-order valence-electron chi connectivity index (χ3n) is 3.48. The van der Waals surface area contributed by atoms with Gasteiger partial charge in [-0.3, -0.25) is 14.7 Å². The van der Waals surface area contributed by atoms with Crippen molar-refractivity contribution < 1.29 is 18.7 Å². The third kappa shape index (κ3) is 5.63. The van der Waals surface area contributed by atoms with Crippen molar-refractivity contribution in [3.63, 3.8) is 0 Å². The van der Waals surface area contributed by atoms with Gasteiger partial charge in [0.15, 0.2) is 5.96 Å². The number of ether oxygens (including phenoxy) is 1. The Kier molecular flexibility index (Phi) is 6.55. The molecule has 1 fully saturated rings. The second-order valence-electron chi connectivity index (χ2n) is 5.47. The molecule has 1 aliphatic rings. The molecule has 0 saturated carbocycles. The molecule has 1 unspecified atom stereocenters. The average Bonchev–Trinajstić information content (AvgIpc) is 2.89. The highest BCUT2D eigenvalue weighted by atomic mass is 19.1. The summed E-state index contributed by atoms with van der Waals surface area (Å²) in [6, 6.07) is 5.56. The van der Waals surface area contributed by atoms with E-state index >= 15 is 0 Å². The number of urea groups is 1. The van der Waals surface area contributed by atoms with Crippen LogP contribution in [-0.2, 0) is 4.79 Å². The molecule has 1 aromatic rings. The van der Waals surface area contributed by atoms with Crippen LogP contribution in [0.15, 0.2) is 29.3 Å². The number of guanidine groups is 1. The third-order valence-corrected chi connectivity index (χ3v) is 3.48. The number of hydrogen-bond acceptors (Lipinski definition) is 4. The molecule has 0 aromatic heterocycles. The SMILES string of the molecule is CN=C(NCCN1C(=O)CNC1=O)NCC(C)Oc1cccc(F)c1. The Hall–Kier alpha value is -2.84. The molecule has 25 heavy (non-hydrogen) atoms. The lowest BCUT2D eigenvalue weighted by molar-refractivity contribution is -0.124. The van der Waals surface area contributed by atoms with E-state index in [1.54, 1.807) is 19.2 Å². The molecule has 1 aliphatic heterocycles. The maximum Gasteiger partial charge on any atom is 0.324 e. The summed E-state index contributed by atoms with van der Waals surface area (Å²) in [7, 11) is 1.61. The fraction of sp³-hybridized carbons (Fsp3) is 0.438. The molecule has 136 valence electrons. The van der Waals surface area contributed by atoms with E-state index in [2.05, 4.69) is 20.9 Å². The largest absolute Gasteiger partial charge is 0.489 e. The molecule has 8 nitrogen and oxygen atoms in total. The zero-order valence-corrected chi connectivity index (χ0v) is 14.2. The summed E-state index contributed by atoms with van der Waals surface area (Å²) in [5.74, 6) is 0.375. The van der Waals surface area contributed by atoms with Crippen LogP contribution in [0.4, 0.5) is 9.18 Å². The van der Waals surface area contributed by atoms with Gasteiger partial charge in [-0.25, -0.2) is 9.18 Å². The highest BCUT2D eigenvalue weighted by Gasteiger charge is 2.27. The van der Waals surface area contributed by atoms with E-state index in [-0.39, 0.29) is 36.9 Å². The number of nitrogens with one attached hydrogen (secondary N) is 3. The molecule has 3 amide bonds. The van der Waals surface area contributed by atoms with Crippen LogP contribution in [0.25, 0.3) is 0 Å². The highest BCUT2D eigenvalue weighted by molar-refractivity contribution is 6.01. The maximum absolute atomic E-state index is 13.1. The lowest BCUT2D eigenvalue weighted by Crippen LogP contribution is -2.45. The number of carbonyl (C=O) groups excluding carboxylic acids is 2. The molecular weight excluding hydrogens is 329 g/mol. The van der Waals surface area contributed by atoms with E-state index in [0.717, 1.165) is 4.90 Å². The summed E-state index contributed by atoms with van der Waals surface area (Å²) >= 11 is 0. The first-order valence-corrected chi connectivity index (χ1v) is 7.94. The van der Waals surface area contributed by atoms with Crippen molar-refractivity contribution in [1.82, 2.24) is 20.9 Å². The number of carbonyl (C=O) groups is 2. The highest BCUT2D eigenvalue weighted by Crippen LogP contribution is 2.13. The Morgan fingerprint density at radius 3 is 2.88 bits per heavy atom. The molecule has 9 heteroatoms. The molecule has 1 aromatic carbocycles. The monoisotopic (exact) mass is 351 g/mol. The minimum atomic E-state index is -0.383. The fourth-order valence-corrected chi connectivity index (χ4v) is 2.24. The lowest BCUT2D eigenvalue weighted by atomic mass is 10.3. The van der Waals surface area contributed by atoms with Crippen molar-refractivity contribution in [2.75, 3.05) is 33.2 Å². The quantitative estimate of drug-likeness (QED) is 0.373. The Morgan fingerprint density at radius 2 is 2.24 bits per heavy atom. The minimum Gasteiger partial charge on any atom is -0.489 e. The van der Waals surface area contributed by atoms with Crippen LogP contribution in [0.5, 0.6) is 5.75 Å². The van der Waals surface area contributed by atoms with Gasteiger partial charge in [-0.15, -0.1) is 0 Å². The van der Waals surface area contributed by atoms with E-state index in [9.17, 15) is 14.0 Å². The average molecular weight is 351 g/mol. The topological polar surface area (TPSA) is 95.1 Å². The Labute approximate surface area is 145 Å². The van der Waals surface area contributed by atoms with E-state index in [1.807, 2.05) is 6.92 Å². The predicted molar refractivity (Wildman–Crippen MR) is 91.0 cm³/mol. The zero-order chi connectivity index (χ0) is 18.2. The smallest absolute Gasteiger partial charge is 0.324 e. The first-order chi connectivity index (χ1) is 12.0. The summed E-state index contributed by atoms with van der Waals surface area (Å²) in [5, 5.41) is 8.54. The Bertz CT molecular complexity index is 636. The Balaban J connectivity index is 1.71. The number of rotatable bonds is 7. The van der Waals surface area contributed by atoms with Crippen LogP contribution in [0.2, 0.25) is 0 Å². The van der Waals surface area contributed by atoms with Crippen molar-refractivity contribution in [3.8, 4) is 5.75 Å². The zero-order valence-electron chi connectivity index (χ0n) is 14.2. The van der Waals surface area contributed by atoms with Gasteiger partial charge in [0.1, 0.15) is 17.7 Å². The number of halogens is 1. The summed E-state index contributed by atoms with van der Waals surface area (Å²) in [4.78, 5) is 28.1. The van der Waals surface area contributed by atoms with Crippen LogP contribution in [-0.4, -0.2) is 62.1 Å². The van der Waals surface area contributed by atoms with E-state index in [0.29, 0.717) is 24.8 Å². The van der Waals surface area contributed by atoms with Crippen LogP contribution in [0, 0.1) is 5.82 Å². The summed E-state index contributed by atoms with van der Waals surface area (Å²) in [6.45, 7) is 2.96. The molecule has 1 atom stereocenters. The second kappa shape index (κ2) is 8.86. The number of aliphatic imine (C=N–C) groups is 1. The van der Waals surface area contributed by atoms with Gasteiger partial charge in [0.05, 0.1) is 13.1 Å². The standard InChI is InChI=1S/C16H22FN5O3/c1-11(25-13-5-3-4-12(17)8-13)9-20-15(18-2)19-6-7-22-14(23)10-21-16(22)24/h3-5,8,11H,6-7,9-10H2,1-2H3,(H,21,24)(H2,18,19,20). The van der Waals surface area contributed by atoms with Gasteiger partial charge < -0.3 is 20.7 Å². The fourth-order valence-electron chi connectivity index (χ4n) is 2.24. The van der Waals surface area contributed by atoms with E-state index < -0.39 is 0 Å². The number of nitrogens with zero attached hydrogens (tertiary/aromatic N) is 2. The summed E-state index contributed by atoms with van der Waals surface area (Å²) in [6.07, 6.45) is -0.216. The van der Waals surface area contributed by atoms with Gasteiger partial charge in [-0.1, -0.05) is 6.07 Å². The van der Waals surface area contributed by atoms with Crippen molar-refractivity contribution in [2.24, 2.45) is 4.99 Å². The minimum absolute atomic E-state index is 0.0424. The second-order valence-corrected chi connectivity index (χ2v) is 5.47. The number of amides is 3. The normalized spacial score (nSPS) is 15.8. The van der Waals surface area contributed by atoms with Crippen LogP contribution >= 0.6 is 0 Å². The number of hydrogen-bond donors (Lipinski definition) is 3. The molecule has 2 rings (SSSR count). The van der Waals surface area contributed by atoms with Gasteiger partial charge in [0.25, 0.3) is 0 Å². The lowest BCUT2D eigenvalue weighted by Gasteiger charge is -2.18. The summed E-state index contributed by atoms with van der Waals surface area (Å²) in [5.41, 5.74) is 0.